The normalized spacial score (nSPS) is 10.7. The van der Waals surface area contributed by atoms with Gasteiger partial charge in [0.1, 0.15) is 5.69 Å². The van der Waals surface area contributed by atoms with E-state index < -0.39 is 0 Å². The molecule has 4 nitrogen and oxygen atoms in total. The summed E-state index contributed by atoms with van der Waals surface area (Å²) in [6, 6.07) is 7.68. The Balaban J connectivity index is 2.15. The molecule has 1 aromatic heterocycles. The number of nitrogens with one attached hydrogen (secondary N) is 2. The fourth-order valence-electron chi connectivity index (χ4n) is 1.59. The summed E-state index contributed by atoms with van der Waals surface area (Å²) >= 11 is 3.40. The molecule has 1 aromatic carbocycles. The number of hydrogen-bond donors (Lipinski definition) is 2. The molecule has 90 valence electrons. The van der Waals surface area contributed by atoms with Crippen LogP contribution in [-0.2, 0) is 4.74 Å². The maximum absolute atomic E-state index is 11.8. The molecule has 0 saturated heterocycles. The summed E-state index contributed by atoms with van der Waals surface area (Å²) in [6.07, 6.45) is 0. The molecule has 0 spiro atoms. The predicted octanol–water partition coefficient (Wildman–Crippen LogP) is 2.31. The summed E-state index contributed by atoms with van der Waals surface area (Å²) in [5.41, 5.74) is 1.51. The molecular formula is C12H13BrN2O2. The number of amides is 1. The number of aromatic nitrogens is 1. The van der Waals surface area contributed by atoms with Crippen molar-refractivity contribution in [2.24, 2.45) is 0 Å². The Kier molecular flexibility index (Phi) is 3.81. The zero-order valence-electron chi connectivity index (χ0n) is 9.42. The molecule has 2 aromatic rings. The standard InChI is InChI=1S/C12H13BrN2O2/c1-17-5-4-14-12(16)11-7-8-6-9(13)2-3-10(8)15-11/h2-3,6-7,15H,4-5H2,1H3,(H,14,16). The molecule has 0 bridgehead atoms. The van der Waals surface area contributed by atoms with Crippen molar-refractivity contribution < 1.29 is 9.53 Å². The number of hydrogen-bond acceptors (Lipinski definition) is 2. The Hall–Kier alpha value is -1.33. The highest BCUT2D eigenvalue weighted by molar-refractivity contribution is 9.10. The Morgan fingerprint density at radius 3 is 3.06 bits per heavy atom. The van der Waals surface area contributed by atoms with Gasteiger partial charge >= 0.3 is 0 Å². The summed E-state index contributed by atoms with van der Waals surface area (Å²) in [5.74, 6) is -0.116. The topological polar surface area (TPSA) is 54.1 Å². The molecule has 1 amide bonds. The quantitative estimate of drug-likeness (QED) is 0.851. The third-order valence-corrected chi connectivity index (χ3v) is 2.91. The molecule has 0 fully saturated rings. The number of carbonyl (C=O) groups excluding carboxylic acids is 1. The van der Waals surface area contributed by atoms with Gasteiger partial charge in [0, 0.05) is 29.0 Å². The van der Waals surface area contributed by atoms with Gasteiger partial charge in [0.25, 0.3) is 5.91 Å². The molecule has 0 radical (unpaired) electrons. The lowest BCUT2D eigenvalue weighted by Crippen LogP contribution is -2.27. The van der Waals surface area contributed by atoms with Crippen molar-refractivity contribution in [2.45, 2.75) is 0 Å². The molecule has 0 unspecified atom stereocenters. The number of ether oxygens (including phenoxy) is 1. The van der Waals surface area contributed by atoms with Gasteiger partial charge in [-0.05, 0) is 24.3 Å². The van der Waals surface area contributed by atoms with Crippen molar-refractivity contribution in [2.75, 3.05) is 20.3 Å². The molecule has 0 aliphatic carbocycles. The largest absolute Gasteiger partial charge is 0.383 e. The number of fused-ring (bicyclic) bond motifs is 1. The highest BCUT2D eigenvalue weighted by Gasteiger charge is 2.08. The number of benzene rings is 1. The Morgan fingerprint density at radius 1 is 1.47 bits per heavy atom. The second kappa shape index (κ2) is 5.33. The van der Waals surface area contributed by atoms with E-state index in [0.29, 0.717) is 18.8 Å². The number of methoxy groups -OCH3 is 1. The average molecular weight is 297 g/mol. The van der Waals surface area contributed by atoms with Crippen molar-refractivity contribution in [3.63, 3.8) is 0 Å². The van der Waals surface area contributed by atoms with E-state index in [4.69, 9.17) is 4.74 Å². The summed E-state index contributed by atoms with van der Waals surface area (Å²) in [4.78, 5) is 14.8. The molecule has 0 aliphatic heterocycles. The Bertz CT molecular complexity index is 536. The zero-order chi connectivity index (χ0) is 12.3. The lowest BCUT2D eigenvalue weighted by molar-refractivity contribution is 0.0933. The lowest BCUT2D eigenvalue weighted by atomic mass is 10.2. The molecule has 0 saturated carbocycles. The summed E-state index contributed by atoms with van der Waals surface area (Å²) in [6.45, 7) is 1.02. The summed E-state index contributed by atoms with van der Waals surface area (Å²) in [7, 11) is 1.60. The molecule has 17 heavy (non-hydrogen) atoms. The minimum atomic E-state index is -0.116. The highest BCUT2D eigenvalue weighted by atomic mass is 79.9. The zero-order valence-corrected chi connectivity index (χ0v) is 11.0. The predicted molar refractivity (Wildman–Crippen MR) is 70.2 cm³/mol. The summed E-state index contributed by atoms with van der Waals surface area (Å²) in [5, 5.41) is 3.78. The fraction of sp³-hybridized carbons (Fsp3) is 0.250. The van der Waals surface area contributed by atoms with Crippen LogP contribution in [0.25, 0.3) is 10.9 Å². The van der Waals surface area contributed by atoms with Crippen molar-refractivity contribution in [3.05, 3.63) is 34.4 Å². The minimum absolute atomic E-state index is 0.116. The van der Waals surface area contributed by atoms with Crippen LogP contribution in [-0.4, -0.2) is 31.2 Å². The number of rotatable bonds is 4. The first-order chi connectivity index (χ1) is 8.20. The van der Waals surface area contributed by atoms with Gasteiger partial charge in [0.05, 0.1) is 6.61 Å². The summed E-state index contributed by atoms with van der Waals surface area (Å²) < 4.78 is 5.87. The second-order valence-corrected chi connectivity index (χ2v) is 4.58. The van der Waals surface area contributed by atoms with E-state index in [9.17, 15) is 4.79 Å². The molecule has 5 heteroatoms. The minimum Gasteiger partial charge on any atom is -0.383 e. The third-order valence-electron chi connectivity index (χ3n) is 2.42. The van der Waals surface area contributed by atoms with Gasteiger partial charge in [-0.3, -0.25) is 4.79 Å². The van der Waals surface area contributed by atoms with Gasteiger partial charge in [-0.2, -0.15) is 0 Å². The molecule has 0 aliphatic rings. The number of H-pyrrole nitrogens is 1. The first-order valence-electron chi connectivity index (χ1n) is 5.26. The molecule has 0 atom stereocenters. The Morgan fingerprint density at radius 2 is 2.29 bits per heavy atom. The molecule has 2 N–H and O–H groups in total. The SMILES string of the molecule is COCCNC(=O)c1cc2cc(Br)ccc2[nH]1. The first-order valence-corrected chi connectivity index (χ1v) is 6.05. The van der Waals surface area contributed by atoms with Gasteiger partial charge in [0.2, 0.25) is 0 Å². The number of halogens is 1. The number of aromatic amines is 1. The van der Waals surface area contributed by atoms with Gasteiger partial charge in [0.15, 0.2) is 0 Å². The molecule has 1 heterocycles. The van der Waals surface area contributed by atoms with E-state index in [1.807, 2.05) is 24.3 Å². The average Bonchev–Trinajstić information content (AvgIpc) is 2.72. The van der Waals surface area contributed by atoms with E-state index in [-0.39, 0.29) is 5.91 Å². The van der Waals surface area contributed by atoms with Crippen LogP contribution in [0.3, 0.4) is 0 Å². The fourth-order valence-corrected chi connectivity index (χ4v) is 1.97. The van der Waals surface area contributed by atoms with E-state index >= 15 is 0 Å². The molecule has 2 rings (SSSR count). The van der Waals surface area contributed by atoms with Gasteiger partial charge in [-0.15, -0.1) is 0 Å². The van der Waals surface area contributed by atoms with Crippen LogP contribution >= 0.6 is 15.9 Å². The van der Waals surface area contributed by atoms with Crippen LogP contribution < -0.4 is 5.32 Å². The van der Waals surface area contributed by atoms with Crippen molar-refractivity contribution in [3.8, 4) is 0 Å². The van der Waals surface area contributed by atoms with Gasteiger partial charge < -0.3 is 15.0 Å². The maximum atomic E-state index is 11.8. The van der Waals surface area contributed by atoms with E-state index in [0.717, 1.165) is 15.4 Å². The monoisotopic (exact) mass is 296 g/mol. The van der Waals surface area contributed by atoms with E-state index in [1.165, 1.54) is 0 Å². The number of carbonyl (C=O) groups is 1. The van der Waals surface area contributed by atoms with Crippen LogP contribution in [0.4, 0.5) is 0 Å². The Labute approximate surface area is 107 Å². The van der Waals surface area contributed by atoms with E-state index in [2.05, 4.69) is 26.2 Å². The van der Waals surface area contributed by atoms with Crippen molar-refractivity contribution in [1.29, 1.82) is 0 Å². The smallest absolute Gasteiger partial charge is 0.267 e. The third kappa shape index (κ3) is 2.87. The second-order valence-electron chi connectivity index (χ2n) is 3.66. The highest BCUT2D eigenvalue weighted by Crippen LogP contribution is 2.20. The molecular weight excluding hydrogens is 284 g/mol. The first kappa shape index (κ1) is 12.1. The van der Waals surface area contributed by atoms with Crippen LogP contribution in [0.1, 0.15) is 10.5 Å². The lowest BCUT2D eigenvalue weighted by Gasteiger charge is -2.01. The van der Waals surface area contributed by atoms with Gasteiger partial charge in [-0.25, -0.2) is 0 Å². The van der Waals surface area contributed by atoms with Crippen LogP contribution in [0.15, 0.2) is 28.7 Å². The van der Waals surface area contributed by atoms with Gasteiger partial charge in [-0.1, -0.05) is 15.9 Å². The van der Waals surface area contributed by atoms with Crippen LogP contribution in [0.5, 0.6) is 0 Å². The van der Waals surface area contributed by atoms with E-state index in [1.54, 1.807) is 7.11 Å². The van der Waals surface area contributed by atoms with Crippen molar-refractivity contribution in [1.82, 2.24) is 10.3 Å². The van der Waals surface area contributed by atoms with Crippen LogP contribution in [0.2, 0.25) is 0 Å². The maximum Gasteiger partial charge on any atom is 0.267 e. The van der Waals surface area contributed by atoms with Crippen LogP contribution in [0, 0.1) is 0 Å². The van der Waals surface area contributed by atoms with Crippen molar-refractivity contribution >= 4 is 32.7 Å².